The Labute approximate surface area is 74.9 Å². The summed E-state index contributed by atoms with van der Waals surface area (Å²) in [6.45, 7) is 7.33. The molecule has 3 heteroatoms. The van der Waals surface area contributed by atoms with Gasteiger partial charge in [-0.05, 0) is 11.8 Å². The fourth-order valence-electron chi connectivity index (χ4n) is 1.94. The lowest BCUT2D eigenvalue weighted by atomic mass is 10.00. The van der Waals surface area contributed by atoms with Crippen LogP contribution in [0, 0.1) is 11.8 Å². The second-order valence-corrected chi connectivity index (χ2v) is 3.74. The van der Waals surface area contributed by atoms with E-state index in [1.807, 2.05) is 0 Å². The van der Waals surface area contributed by atoms with Crippen LogP contribution in [-0.2, 0) is 4.74 Å². The van der Waals surface area contributed by atoms with Gasteiger partial charge < -0.3 is 15.4 Å². The third kappa shape index (κ3) is 2.44. The molecule has 1 heterocycles. The third-order valence-corrected chi connectivity index (χ3v) is 2.67. The summed E-state index contributed by atoms with van der Waals surface area (Å²) in [7, 11) is 1.78. The van der Waals surface area contributed by atoms with E-state index < -0.39 is 0 Å². The van der Waals surface area contributed by atoms with Crippen molar-refractivity contribution in [3.8, 4) is 0 Å². The first kappa shape index (κ1) is 9.96. The summed E-state index contributed by atoms with van der Waals surface area (Å²) in [5.74, 6) is 1.47. The minimum atomic E-state index is 0.710. The Morgan fingerprint density at radius 3 is 2.83 bits per heavy atom. The normalized spacial score (nSPS) is 31.2. The molecule has 0 amide bonds. The van der Waals surface area contributed by atoms with Crippen LogP contribution in [0.1, 0.15) is 6.92 Å². The van der Waals surface area contributed by atoms with Crippen LogP contribution in [0.3, 0.4) is 0 Å². The van der Waals surface area contributed by atoms with Gasteiger partial charge in [0.15, 0.2) is 0 Å². The maximum absolute atomic E-state index is 5.50. The molecule has 0 aromatic rings. The summed E-state index contributed by atoms with van der Waals surface area (Å²) in [5.41, 5.74) is 5.50. The SMILES string of the molecule is COC[C@@H]1CN(CCN)C[C@H]1C. The Morgan fingerprint density at radius 2 is 2.25 bits per heavy atom. The van der Waals surface area contributed by atoms with Crippen LogP contribution in [0.25, 0.3) is 0 Å². The summed E-state index contributed by atoms with van der Waals surface area (Å²) in [5, 5.41) is 0. The van der Waals surface area contributed by atoms with Gasteiger partial charge in [0.05, 0.1) is 6.61 Å². The molecule has 0 aliphatic carbocycles. The molecule has 12 heavy (non-hydrogen) atoms. The maximum atomic E-state index is 5.50. The number of hydrogen-bond acceptors (Lipinski definition) is 3. The Bertz CT molecular complexity index is 130. The summed E-state index contributed by atoms with van der Waals surface area (Å²) >= 11 is 0. The number of hydrogen-bond donors (Lipinski definition) is 1. The molecule has 1 aliphatic heterocycles. The van der Waals surface area contributed by atoms with Crippen molar-refractivity contribution in [2.24, 2.45) is 17.6 Å². The van der Waals surface area contributed by atoms with Crippen molar-refractivity contribution in [2.45, 2.75) is 6.92 Å². The number of rotatable bonds is 4. The van der Waals surface area contributed by atoms with Gasteiger partial charge in [0.1, 0.15) is 0 Å². The highest BCUT2D eigenvalue weighted by Crippen LogP contribution is 2.22. The van der Waals surface area contributed by atoms with Crippen molar-refractivity contribution in [1.82, 2.24) is 4.90 Å². The molecule has 2 atom stereocenters. The number of nitrogens with zero attached hydrogens (tertiary/aromatic N) is 1. The van der Waals surface area contributed by atoms with Gasteiger partial charge in [0, 0.05) is 33.3 Å². The highest BCUT2D eigenvalue weighted by atomic mass is 16.5. The molecule has 0 bridgehead atoms. The Hall–Kier alpha value is -0.120. The second-order valence-electron chi connectivity index (χ2n) is 3.74. The van der Waals surface area contributed by atoms with E-state index in [1.165, 1.54) is 6.54 Å². The molecule has 0 spiro atoms. The lowest BCUT2D eigenvalue weighted by Crippen LogP contribution is -2.27. The molecule has 3 nitrogen and oxygen atoms in total. The Morgan fingerprint density at radius 1 is 1.50 bits per heavy atom. The third-order valence-electron chi connectivity index (χ3n) is 2.67. The number of nitrogens with two attached hydrogens (primary N) is 1. The molecule has 0 saturated carbocycles. The zero-order chi connectivity index (χ0) is 8.97. The van der Waals surface area contributed by atoms with Gasteiger partial charge in [-0.25, -0.2) is 0 Å². The van der Waals surface area contributed by atoms with E-state index in [4.69, 9.17) is 10.5 Å². The number of methoxy groups -OCH3 is 1. The van der Waals surface area contributed by atoms with Crippen LogP contribution in [-0.4, -0.2) is 44.8 Å². The zero-order valence-corrected chi connectivity index (χ0v) is 8.12. The average Bonchev–Trinajstić information content (AvgIpc) is 2.34. The first-order chi connectivity index (χ1) is 5.77. The first-order valence-electron chi connectivity index (χ1n) is 4.69. The fraction of sp³-hybridized carbons (Fsp3) is 1.00. The standard InChI is InChI=1S/C9H20N2O/c1-8-5-11(4-3-10)6-9(8)7-12-2/h8-9H,3-7,10H2,1-2H3/t8-,9+/m1/s1. The molecule has 0 aromatic carbocycles. The highest BCUT2D eigenvalue weighted by molar-refractivity contribution is 4.81. The molecule has 1 saturated heterocycles. The highest BCUT2D eigenvalue weighted by Gasteiger charge is 2.28. The molecule has 1 fully saturated rings. The van der Waals surface area contributed by atoms with Crippen molar-refractivity contribution in [1.29, 1.82) is 0 Å². The Balaban J connectivity index is 2.29. The maximum Gasteiger partial charge on any atom is 0.0505 e. The van der Waals surface area contributed by atoms with Gasteiger partial charge in [-0.1, -0.05) is 6.92 Å². The van der Waals surface area contributed by atoms with Crippen LogP contribution in [0.5, 0.6) is 0 Å². The van der Waals surface area contributed by atoms with E-state index in [2.05, 4.69) is 11.8 Å². The smallest absolute Gasteiger partial charge is 0.0505 e. The molecular weight excluding hydrogens is 152 g/mol. The van der Waals surface area contributed by atoms with Gasteiger partial charge in [0.2, 0.25) is 0 Å². The average molecular weight is 172 g/mol. The van der Waals surface area contributed by atoms with E-state index >= 15 is 0 Å². The van der Waals surface area contributed by atoms with E-state index in [9.17, 15) is 0 Å². The van der Waals surface area contributed by atoms with Gasteiger partial charge in [-0.3, -0.25) is 0 Å². The Kier molecular flexibility index (Phi) is 3.98. The van der Waals surface area contributed by atoms with E-state index in [1.54, 1.807) is 7.11 Å². The molecule has 72 valence electrons. The molecule has 1 rings (SSSR count). The van der Waals surface area contributed by atoms with Gasteiger partial charge in [-0.15, -0.1) is 0 Å². The predicted octanol–water partition coefficient (Wildman–Crippen LogP) is 0.159. The van der Waals surface area contributed by atoms with E-state index in [0.717, 1.165) is 32.2 Å². The molecule has 0 aromatic heterocycles. The summed E-state index contributed by atoms with van der Waals surface area (Å²) in [4.78, 5) is 2.42. The molecule has 2 N–H and O–H groups in total. The van der Waals surface area contributed by atoms with Crippen LogP contribution in [0.2, 0.25) is 0 Å². The molecular formula is C9H20N2O. The monoisotopic (exact) mass is 172 g/mol. The summed E-state index contributed by atoms with van der Waals surface area (Å²) < 4.78 is 5.16. The quantitative estimate of drug-likeness (QED) is 0.656. The van der Waals surface area contributed by atoms with Crippen molar-refractivity contribution < 1.29 is 4.74 Å². The van der Waals surface area contributed by atoms with Crippen LogP contribution in [0.15, 0.2) is 0 Å². The minimum absolute atomic E-state index is 0.710. The summed E-state index contributed by atoms with van der Waals surface area (Å²) in [6, 6.07) is 0. The lowest BCUT2D eigenvalue weighted by molar-refractivity contribution is 0.140. The van der Waals surface area contributed by atoms with Gasteiger partial charge in [-0.2, -0.15) is 0 Å². The molecule has 1 aliphatic rings. The first-order valence-corrected chi connectivity index (χ1v) is 4.69. The molecule has 0 unspecified atom stereocenters. The van der Waals surface area contributed by atoms with Crippen molar-refractivity contribution >= 4 is 0 Å². The lowest BCUT2D eigenvalue weighted by Gasteiger charge is -2.13. The second kappa shape index (κ2) is 4.80. The van der Waals surface area contributed by atoms with Crippen LogP contribution >= 0.6 is 0 Å². The van der Waals surface area contributed by atoms with Crippen molar-refractivity contribution in [3.05, 3.63) is 0 Å². The van der Waals surface area contributed by atoms with E-state index in [-0.39, 0.29) is 0 Å². The van der Waals surface area contributed by atoms with Crippen molar-refractivity contribution in [2.75, 3.05) is 39.9 Å². The van der Waals surface area contributed by atoms with Crippen molar-refractivity contribution in [3.63, 3.8) is 0 Å². The fourth-order valence-corrected chi connectivity index (χ4v) is 1.94. The number of likely N-dealkylation sites (tertiary alicyclic amines) is 1. The van der Waals surface area contributed by atoms with Gasteiger partial charge in [0.25, 0.3) is 0 Å². The largest absolute Gasteiger partial charge is 0.384 e. The minimum Gasteiger partial charge on any atom is -0.384 e. The van der Waals surface area contributed by atoms with Crippen LogP contribution in [0.4, 0.5) is 0 Å². The van der Waals surface area contributed by atoms with E-state index in [0.29, 0.717) is 5.92 Å². The van der Waals surface area contributed by atoms with Gasteiger partial charge >= 0.3 is 0 Å². The number of ether oxygens (including phenoxy) is 1. The van der Waals surface area contributed by atoms with Crippen LogP contribution < -0.4 is 5.73 Å². The predicted molar refractivity (Wildman–Crippen MR) is 50.0 cm³/mol. The zero-order valence-electron chi connectivity index (χ0n) is 8.12. The molecule has 0 radical (unpaired) electrons. The summed E-state index contributed by atoms with van der Waals surface area (Å²) in [6.07, 6.45) is 0. The topological polar surface area (TPSA) is 38.5 Å².